The first kappa shape index (κ1) is 21.5. The molecular formula is C25H23FN2O4. The van der Waals surface area contributed by atoms with Crippen LogP contribution in [0.1, 0.15) is 27.9 Å². The average Bonchev–Trinajstić information content (AvgIpc) is 3.23. The topological polar surface area (TPSA) is 98.6 Å². The Kier molecular flexibility index (Phi) is 5.92. The molecule has 32 heavy (non-hydrogen) atoms. The van der Waals surface area contributed by atoms with Crippen molar-refractivity contribution >= 4 is 16.9 Å². The van der Waals surface area contributed by atoms with Crippen molar-refractivity contribution in [1.29, 1.82) is 0 Å². The van der Waals surface area contributed by atoms with Gasteiger partial charge in [0.1, 0.15) is 17.9 Å². The fraction of sp³-hybridized carbons (Fsp3) is 0.200. The van der Waals surface area contributed by atoms with Crippen LogP contribution < -0.4 is 10.5 Å². The highest BCUT2D eigenvalue weighted by molar-refractivity contribution is 5.93. The molecule has 2 aromatic heterocycles. The Morgan fingerprint density at radius 3 is 2.69 bits per heavy atom. The lowest BCUT2D eigenvalue weighted by Crippen LogP contribution is -2.06. The van der Waals surface area contributed by atoms with Gasteiger partial charge in [-0.1, -0.05) is 6.07 Å². The van der Waals surface area contributed by atoms with Gasteiger partial charge in [0.15, 0.2) is 5.82 Å². The van der Waals surface area contributed by atoms with Crippen molar-refractivity contribution in [3.8, 4) is 16.9 Å². The maximum absolute atomic E-state index is 15.0. The highest BCUT2D eigenvalue weighted by Gasteiger charge is 2.17. The van der Waals surface area contributed by atoms with Gasteiger partial charge in [0.2, 0.25) is 0 Å². The number of nitrogens with zero attached hydrogens (tertiary/aromatic N) is 1. The summed E-state index contributed by atoms with van der Waals surface area (Å²) in [6.45, 7) is 4.05. The van der Waals surface area contributed by atoms with Crippen molar-refractivity contribution in [3.05, 3.63) is 82.6 Å². The van der Waals surface area contributed by atoms with Gasteiger partial charge in [-0.25, -0.2) is 4.39 Å². The van der Waals surface area contributed by atoms with E-state index in [4.69, 9.17) is 14.9 Å². The minimum atomic E-state index is -0.927. The van der Waals surface area contributed by atoms with Crippen LogP contribution in [-0.4, -0.2) is 16.1 Å². The third-order valence-electron chi connectivity index (χ3n) is 5.47. The van der Waals surface area contributed by atoms with Crippen LogP contribution in [0.15, 0.2) is 53.3 Å². The molecule has 0 amide bonds. The minimum Gasteiger partial charge on any atom is -0.489 e. The van der Waals surface area contributed by atoms with E-state index >= 15 is 0 Å². The molecule has 0 bridgehead atoms. The summed E-state index contributed by atoms with van der Waals surface area (Å²) in [7, 11) is 0. The van der Waals surface area contributed by atoms with Gasteiger partial charge in [0.05, 0.1) is 18.4 Å². The van der Waals surface area contributed by atoms with Crippen molar-refractivity contribution in [3.63, 3.8) is 0 Å². The third kappa shape index (κ3) is 4.20. The maximum Gasteiger partial charge on any atom is 0.307 e. The fourth-order valence-electron chi connectivity index (χ4n) is 3.71. The first-order chi connectivity index (χ1) is 15.4. The Morgan fingerprint density at radius 1 is 1.16 bits per heavy atom. The summed E-state index contributed by atoms with van der Waals surface area (Å²) in [6, 6.07) is 10.8. The number of ether oxygens (including phenoxy) is 1. The lowest BCUT2D eigenvalue weighted by Gasteiger charge is -2.14. The normalized spacial score (nSPS) is 11.1. The minimum absolute atomic E-state index is 0.0110. The third-order valence-corrected chi connectivity index (χ3v) is 5.47. The monoisotopic (exact) mass is 434 g/mol. The number of aliphatic carboxylic acids is 1. The Bertz CT molecular complexity index is 1310. The molecule has 4 aromatic rings. The van der Waals surface area contributed by atoms with Gasteiger partial charge in [-0.05, 0) is 60.9 Å². The number of carboxylic acid groups (broad SMARTS) is 1. The largest absolute Gasteiger partial charge is 0.489 e. The molecule has 0 aliphatic carbocycles. The van der Waals surface area contributed by atoms with Crippen LogP contribution in [0.25, 0.3) is 22.1 Å². The zero-order valence-corrected chi connectivity index (χ0v) is 17.8. The molecule has 0 atom stereocenters. The van der Waals surface area contributed by atoms with E-state index in [1.807, 2.05) is 38.1 Å². The number of rotatable bonds is 7. The van der Waals surface area contributed by atoms with Crippen LogP contribution in [0.2, 0.25) is 0 Å². The van der Waals surface area contributed by atoms with Crippen LogP contribution in [0.4, 0.5) is 4.39 Å². The molecule has 0 unspecified atom stereocenters. The lowest BCUT2D eigenvalue weighted by molar-refractivity contribution is -0.136. The van der Waals surface area contributed by atoms with Crippen molar-refractivity contribution in [2.45, 2.75) is 33.4 Å². The van der Waals surface area contributed by atoms with Gasteiger partial charge >= 0.3 is 5.97 Å². The second kappa shape index (κ2) is 8.80. The molecular weight excluding hydrogens is 411 g/mol. The summed E-state index contributed by atoms with van der Waals surface area (Å²) < 4.78 is 26.6. The smallest absolute Gasteiger partial charge is 0.307 e. The number of aromatic nitrogens is 1. The standard InChI is InChI=1S/C25H23FN2O4/c1-14-7-18(11-23(29)30)22(8-15(14)2)32-13-16-9-17-4-6-31-25(17)20(10-16)19-3-5-28-21(12-27)24(19)26/h3-10H,11-13,27H2,1-2H3,(H,29,30). The number of nitrogens with two attached hydrogens (primary N) is 1. The summed E-state index contributed by atoms with van der Waals surface area (Å²) >= 11 is 0. The number of fused-ring (bicyclic) bond motifs is 1. The van der Waals surface area contributed by atoms with Crippen LogP contribution >= 0.6 is 0 Å². The van der Waals surface area contributed by atoms with Crippen LogP contribution in [0.5, 0.6) is 5.75 Å². The molecule has 6 nitrogen and oxygen atoms in total. The number of furan rings is 1. The summed E-state index contributed by atoms with van der Waals surface area (Å²) in [5.41, 5.74) is 10.7. The quantitative estimate of drug-likeness (QED) is 0.429. The molecule has 0 aliphatic heterocycles. The predicted octanol–water partition coefficient (Wildman–Crippen LogP) is 4.92. The van der Waals surface area contributed by atoms with E-state index in [1.54, 1.807) is 18.4 Å². The molecule has 2 aromatic carbocycles. The summed E-state index contributed by atoms with van der Waals surface area (Å²) in [5.74, 6) is -0.891. The molecule has 0 radical (unpaired) electrons. The number of aryl methyl sites for hydroxylation is 2. The van der Waals surface area contributed by atoms with Gasteiger partial charge in [0, 0.05) is 34.8 Å². The van der Waals surface area contributed by atoms with Crippen molar-refractivity contribution in [1.82, 2.24) is 4.98 Å². The van der Waals surface area contributed by atoms with Gasteiger partial charge < -0.3 is 20.0 Å². The van der Waals surface area contributed by atoms with Gasteiger partial charge in [-0.3, -0.25) is 9.78 Å². The number of carboxylic acids is 1. The molecule has 0 spiro atoms. The van der Waals surface area contributed by atoms with E-state index in [1.165, 1.54) is 6.20 Å². The van der Waals surface area contributed by atoms with E-state index < -0.39 is 11.8 Å². The number of benzene rings is 2. The summed E-state index contributed by atoms with van der Waals surface area (Å²) in [4.78, 5) is 15.3. The summed E-state index contributed by atoms with van der Waals surface area (Å²) in [6.07, 6.45) is 2.94. The van der Waals surface area contributed by atoms with Crippen molar-refractivity contribution < 1.29 is 23.4 Å². The second-order valence-electron chi connectivity index (χ2n) is 7.71. The Hall–Kier alpha value is -3.71. The fourth-order valence-corrected chi connectivity index (χ4v) is 3.71. The van der Waals surface area contributed by atoms with E-state index in [0.717, 1.165) is 22.1 Å². The molecule has 7 heteroatoms. The Morgan fingerprint density at radius 2 is 1.94 bits per heavy atom. The summed E-state index contributed by atoms with van der Waals surface area (Å²) in [5, 5.41) is 10.1. The zero-order valence-electron chi connectivity index (χ0n) is 17.8. The maximum atomic E-state index is 15.0. The lowest BCUT2D eigenvalue weighted by atomic mass is 10.00. The first-order valence-corrected chi connectivity index (χ1v) is 10.2. The van der Waals surface area contributed by atoms with Crippen LogP contribution in [0.3, 0.4) is 0 Å². The Balaban J connectivity index is 1.72. The first-order valence-electron chi connectivity index (χ1n) is 10.2. The van der Waals surface area contributed by atoms with Crippen molar-refractivity contribution in [2.75, 3.05) is 0 Å². The number of pyridine rings is 1. The van der Waals surface area contributed by atoms with E-state index in [2.05, 4.69) is 4.98 Å². The van der Waals surface area contributed by atoms with E-state index in [0.29, 0.717) is 28.0 Å². The van der Waals surface area contributed by atoms with Crippen molar-refractivity contribution in [2.24, 2.45) is 5.73 Å². The highest BCUT2D eigenvalue weighted by Crippen LogP contribution is 2.34. The zero-order chi connectivity index (χ0) is 22.8. The molecule has 2 heterocycles. The van der Waals surface area contributed by atoms with Gasteiger partial charge in [-0.15, -0.1) is 0 Å². The molecule has 0 fully saturated rings. The predicted molar refractivity (Wildman–Crippen MR) is 119 cm³/mol. The second-order valence-corrected chi connectivity index (χ2v) is 7.71. The molecule has 4 rings (SSSR count). The van der Waals surface area contributed by atoms with Crippen LogP contribution in [-0.2, 0) is 24.4 Å². The number of hydrogen-bond donors (Lipinski definition) is 2. The average molecular weight is 434 g/mol. The number of hydrogen-bond acceptors (Lipinski definition) is 5. The highest BCUT2D eigenvalue weighted by atomic mass is 19.1. The number of carbonyl (C=O) groups is 1. The van der Waals surface area contributed by atoms with Gasteiger partial charge in [-0.2, -0.15) is 0 Å². The molecule has 0 saturated heterocycles. The number of halogens is 1. The van der Waals surface area contributed by atoms with E-state index in [-0.39, 0.29) is 25.3 Å². The molecule has 0 saturated carbocycles. The molecule has 3 N–H and O–H groups in total. The molecule has 0 aliphatic rings. The molecule has 164 valence electrons. The SMILES string of the molecule is Cc1cc(CC(=O)O)c(OCc2cc(-c3ccnc(CN)c3F)c3occc3c2)cc1C. The Labute approximate surface area is 184 Å². The van der Waals surface area contributed by atoms with Crippen LogP contribution in [0, 0.1) is 19.7 Å². The van der Waals surface area contributed by atoms with E-state index in [9.17, 15) is 14.3 Å². The van der Waals surface area contributed by atoms with Gasteiger partial charge in [0.25, 0.3) is 0 Å².